The van der Waals surface area contributed by atoms with Crippen LogP contribution in [0.2, 0.25) is 0 Å². The Kier molecular flexibility index (Phi) is 8.18. The Labute approximate surface area is 152 Å². The molecule has 0 radical (unpaired) electrons. The highest BCUT2D eigenvalue weighted by atomic mass is 35.5. The molecule has 2 rings (SSSR count). The molecule has 2 aromatic carbocycles. The first kappa shape index (κ1) is 20.7. The molecule has 25 heavy (non-hydrogen) atoms. The van der Waals surface area contributed by atoms with Gasteiger partial charge in [-0.15, -0.1) is 12.4 Å². The van der Waals surface area contributed by atoms with Crippen molar-refractivity contribution in [2.45, 2.75) is 25.7 Å². The van der Waals surface area contributed by atoms with Crippen LogP contribution < -0.4 is 10.5 Å². The van der Waals surface area contributed by atoms with E-state index >= 15 is 0 Å². The lowest BCUT2D eigenvalue weighted by Crippen LogP contribution is -2.31. The van der Waals surface area contributed by atoms with Gasteiger partial charge >= 0.3 is 5.97 Å². The molecular formula is C18H21ClFNO4. The minimum atomic E-state index is -2.05. The lowest BCUT2D eigenvalue weighted by atomic mass is 10.0. The number of phenols is 1. The van der Waals surface area contributed by atoms with Crippen LogP contribution in [0.4, 0.5) is 4.39 Å². The Balaban J connectivity index is 0.00000312. The minimum Gasteiger partial charge on any atom is -0.507 e. The fourth-order valence-electron chi connectivity index (χ4n) is 2.16. The molecule has 2 atom stereocenters. The second kappa shape index (κ2) is 9.86. The van der Waals surface area contributed by atoms with Crippen molar-refractivity contribution in [3.05, 3.63) is 59.7 Å². The van der Waals surface area contributed by atoms with Gasteiger partial charge in [-0.25, -0.2) is 9.18 Å². The summed E-state index contributed by atoms with van der Waals surface area (Å²) in [6.07, 6.45) is -2.05. The van der Waals surface area contributed by atoms with E-state index in [-0.39, 0.29) is 30.3 Å². The van der Waals surface area contributed by atoms with Crippen molar-refractivity contribution in [3.63, 3.8) is 0 Å². The van der Waals surface area contributed by atoms with Gasteiger partial charge in [0.15, 0.2) is 0 Å². The topological polar surface area (TPSA) is 81.8 Å². The van der Waals surface area contributed by atoms with Crippen LogP contribution in [0.25, 0.3) is 0 Å². The molecule has 2 aromatic rings. The third-order valence-corrected chi connectivity index (χ3v) is 3.44. The molecule has 3 N–H and O–H groups in total. The van der Waals surface area contributed by atoms with Gasteiger partial charge in [0, 0.05) is 11.6 Å². The van der Waals surface area contributed by atoms with Crippen LogP contribution in [0.1, 0.15) is 24.1 Å². The lowest BCUT2D eigenvalue weighted by molar-refractivity contribution is -0.149. The predicted molar refractivity (Wildman–Crippen MR) is 94.6 cm³/mol. The van der Waals surface area contributed by atoms with E-state index in [1.165, 1.54) is 12.1 Å². The van der Waals surface area contributed by atoms with Crippen LogP contribution in [0.15, 0.2) is 48.5 Å². The molecule has 0 fully saturated rings. The third kappa shape index (κ3) is 5.62. The van der Waals surface area contributed by atoms with Gasteiger partial charge in [0.05, 0.1) is 12.6 Å². The fourth-order valence-corrected chi connectivity index (χ4v) is 2.16. The van der Waals surface area contributed by atoms with Crippen LogP contribution in [0.5, 0.6) is 11.5 Å². The highest BCUT2D eigenvalue weighted by molar-refractivity contribution is 5.85. The van der Waals surface area contributed by atoms with E-state index in [4.69, 9.17) is 10.5 Å². The van der Waals surface area contributed by atoms with E-state index in [0.717, 1.165) is 5.56 Å². The van der Waals surface area contributed by atoms with Gasteiger partial charge in [0.1, 0.15) is 18.1 Å². The van der Waals surface area contributed by atoms with Gasteiger partial charge in [-0.1, -0.05) is 30.3 Å². The zero-order valence-corrected chi connectivity index (χ0v) is 14.5. The van der Waals surface area contributed by atoms with E-state index in [1.54, 1.807) is 13.0 Å². The van der Waals surface area contributed by atoms with Gasteiger partial charge in [0.2, 0.25) is 6.17 Å². The molecule has 7 heteroatoms. The fraction of sp³-hybridized carbons (Fsp3) is 0.278. The average molecular weight is 370 g/mol. The van der Waals surface area contributed by atoms with E-state index in [9.17, 15) is 14.3 Å². The maximum Gasteiger partial charge on any atom is 0.342 e. The second-order valence-electron chi connectivity index (χ2n) is 5.17. The van der Waals surface area contributed by atoms with E-state index < -0.39 is 18.2 Å². The summed E-state index contributed by atoms with van der Waals surface area (Å²) in [5, 5.41) is 10.0. The van der Waals surface area contributed by atoms with Crippen molar-refractivity contribution in [1.82, 2.24) is 0 Å². The third-order valence-electron chi connectivity index (χ3n) is 3.44. The number of hydrogen-bond acceptors (Lipinski definition) is 5. The summed E-state index contributed by atoms with van der Waals surface area (Å²) in [6.45, 7) is 1.97. The minimum absolute atomic E-state index is 0. The quantitative estimate of drug-likeness (QED) is 0.732. The summed E-state index contributed by atoms with van der Waals surface area (Å²) < 4.78 is 24.1. The summed E-state index contributed by atoms with van der Waals surface area (Å²) in [5.74, 6) is -0.868. The zero-order chi connectivity index (χ0) is 17.5. The number of carbonyl (C=O) groups excluding carboxylic acids is 1. The highest BCUT2D eigenvalue weighted by Gasteiger charge is 2.29. The Morgan fingerprint density at radius 1 is 1.24 bits per heavy atom. The molecule has 0 aliphatic carbocycles. The number of ether oxygens (including phenoxy) is 2. The van der Waals surface area contributed by atoms with Crippen LogP contribution >= 0.6 is 12.4 Å². The average Bonchev–Trinajstić information content (AvgIpc) is 2.60. The molecule has 0 saturated carbocycles. The van der Waals surface area contributed by atoms with Crippen molar-refractivity contribution >= 4 is 18.4 Å². The van der Waals surface area contributed by atoms with Crippen LogP contribution in [-0.2, 0) is 16.1 Å². The van der Waals surface area contributed by atoms with Crippen LogP contribution in [-0.4, -0.2) is 23.9 Å². The van der Waals surface area contributed by atoms with Crippen molar-refractivity contribution < 1.29 is 23.8 Å². The monoisotopic (exact) mass is 369 g/mol. The maximum absolute atomic E-state index is 14.0. The summed E-state index contributed by atoms with van der Waals surface area (Å²) >= 11 is 0. The largest absolute Gasteiger partial charge is 0.507 e. The standard InChI is InChI=1S/C18H20FNO4.ClH/c1-2-23-18(22)16(19)17(20)14-9-8-13(10-15(14)21)24-11-12-6-4-3-5-7-12;/h3-10,16-17,21H,2,11,20H2,1H3;1H/t16?,17-;/m1./s1. The van der Waals surface area contributed by atoms with Gasteiger partial charge in [-0.2, -0.15) is 0 Å². The summed E-state index contributed by atoms with van der Waals surface area (Å²) in [7, 11) is 0. The molecule has 0 spiro atoms. The number of benzene rings is 2. The van der Waals surface area contributed by atoms with Crippen molar-refractivity contribution in [2.75, 3.05) is 6.61 Å². The number of carbonyl (C=O) groups is 1. The van der Waals surface area contributed by atoms with Crippen LogP contribution in [0.3, 0.4) is 0 Å². The molecule has 136 valence electrons. The van der Waals surface area contributed by atoms with Gasteiger partial charge in [0.25, 0.3) is 0 Å². The molecular weight excluding hydrogens is 349 g/mol. The first-order valence-electron chi connectivity index (χ1n) is 7.58. The first-order valence-corrected chi connectivity index (χ1v) is 7.58. The predicted octanol–water partition coefficient (Wildman–Crippen LogP) is 3.29. The summed E-state index contributed by atoms with van der Waals surface area (Å²) in [4.78, 5) is 11.4. The molecule has 1 unspecified atom stereocenters. The summed E-state index contributed by atoms with van der Waals surface area (Å²) in [6, 6.07) is 12.6. The Morgan fingerprint density at radius 3 is 2.52 bits per heavy atom. The van der Waals surface area contributed by atoms with E-state index in [0.29, 0.717) is 12.4 Å². The Hall–Kier alpha value is -2.31. The van der Waals surface area contributed by atoms with Gasteiger partial charge in [-0.05, 0) is 24.6 Å². The number of halogens is 2. The molecule has 0 aliphatic rings. The van der Waals surface area contributed by atoms with Crippen molar-refractivity contribution in [2.24, 2.45) is 5.73 Å². The first-order chi connectivity index (χ1) is 11.5. The Bertz CT molecular complexity index is 684. The van der Waals surface area contributed by atoms with Crippen molar-refractivity contribution in [1.29, 1.82) is 0 Å². The molecule has 0 bridgehead atoms. The number of aromatic hydroxyl groups is 1. The zero-order valence-electron chi connectivity index (χ0n) is 13.7. The normalized spacial score (nSPS) is 12.6. The molecule has 5 nitrogen and oxygen atoms in total. The Morgan fingerprint density at radius 2 is 1.92 bits per heavy atom. The maximum atomic E-state index is 14.0. The molecule has 0 amide bonds. The number of alkyl halides is 1. The number of hydrogen-bond donors (Lipinski definition) is 2. The van der Waals surface area contributed by atoms with E-state index in [2.05, 4.69) is 4.74 Å². The number of esters is 1. The smallest absolute Gasteiger partial charge is 0.342 e. The van der Waals surface area contributed by atoms with Crippen LogP contribution in [0, 0.1) is 0 Å². The summed E-state index contributed by atoms with van der Waals surface area (Å²) in [5.41, 5.74) is 6.80. The number of rotatable bonds is 7. The molecule has 0 saturated heterocycles. The SMILES string of the molecule is CCOC(=O)C(F)[C@H](N)c1ccc(OCc2ccccc2)cc1O.Cl. The van der Waals surface area contributed by atoms with Crippen molar-refractivity contribution in [3.8, 4) is 11.5 Å². The highest BCUT2D eigenvalue weighted by Crippen LogP contribution is 2.30. The van der Waals surface area contributed by atoms with E-state index in [1.807, 2.05) is 30.3 Å². The van der Waals surface area contributed by atoms with Gasteiger partial charge in [-0.3, -0.25) is 0 Å². The lowest BCUT2D eigenvalue weighted by Gasteiger charge is -2.17. The molecule has 0 aromatic heterocycles. The number of nitrogens with two attached hydrogens (primary N) is 1. The molecule has 0 heterocycles. The second-order valence-corrected chi connectivity index (χ2v) is 5.17. The van der Waals surface area contributed by atoms with Gasteiger partial charge < -0.3 is 20.3 Å². The number of phenolic OH excluding ortho intramolecular Hbond substituents is 1. The molecule has 0 aliphatic heterocycles.